The van der Waals surface area contributed by atoms with Crippen LogP contribution in [0.5, 0.6) is 0 Å². The second-order valence-corrected chi connectivity index (χ2v) is 4.60. The van der Waals surface area contributed by atoms with Crippen molar-refractivity contribution in [3.63, 3.8) is 0 Å². The van der Waals surface area contributed by atoms with Crippen LogP contribution in [0.2, 0.25) is 0 Å². The van der Waals surface area contributed by atoms with Crippen molar-refractivity contribution in [2.45, 2.75) is 13.5 Å². The predicted octanol–water partition coefficient (Wildman–Crippen LogP) is 3.39. The summed E-state index contributed by atoms with van der Waals surface area (Å²) in [5, 5.41) is 3.07. The molecule has 0 unspecified atom stereocenters. The highest BCUT2D eigenvalue weighted by Gasteiger charge is 2.17. The van der Waals surface area contributed by atoms with E-state index in [2.05, 4.69) is 5.32 Å². The van der Waals surface area contributed by atoms with E-state index in [1.54, 1.807) is 0 Å². The number of amides is 1. The smallest absolute Gasteiger partial charge is 0.256 e. The molecular formula is C17H20N2O. The van der Waals surface area contributed by atoms with Crippen LogP contribution >= 0.6 is 0 Å². The molecule has 0 aliphatic rings. The van der Waals surface area contributed by atoms with Gasteiger partial charge in [0.25, 0.3) is 5.91 Å². The van der Waals surface area contributed by atoms with Gasteiger partial charge in [0.2, 0.25) is 0 Å². The van der Waals surface area contributed by atoms with Gasteiger partial charge in [0, 0.05) is 25.8 Å². The van der Waals surface area contributed by atoms with E-state index in [0.29, 0.717) is 18.7 Å². The Labute approximate surface area is 120 Å². The highest BCUT2D eigenvalue weighted by atomic mass is 16.2. The Morgan fingerprint density at radius 2 is 1.70 bits per heavy atom. The Kier molecular flexibility index (Phi) is 4.77. The average Bonchev–Trinajstić information content (AvgIpc) is 2.53. The summed E-state index contributed by atoms with van der Waals surface area (Å²) < 4.78 is 0. The molecular weight excluding hydrogens is 248 g/mol. The average molecular weight is 268 g/mol. The molecule has 104 valence electrons. The summed E-state index contributed by atoms with van der Waals surface area (Å²) in [6.07, 6.45) is 0. The number of nitrogens with zero attached hydrogens (tertiary/aromatic N) is 1. The van der Waals surface area contributed by atoms with Crippen LogP contribution in [-0.4, -0.2) is 24.4 Å². The number of hydrogen-bond acceptors (Lipinski definition) is 2. The van der Waals surface area contributed by atoms with Gasteiger partial charge in [-0.2, -0.15) is 0 Å². The molecule has 0 aromatic heterocycles. The third kappa shape index (κ3) is 3.18. The van der Waals surface area contributed by atoms with E-state index in [1.165, 1.54) is 0 Å². The highest BCUT2D eigenvalue weighted by Crippen LogP contribution is 2.18. The fourth-order valence-corrected chi connectivity index (χ4v) is 2.19. The Morgan fingerprint density at radius 3 is 2.35 bits per heavy atom. The summed E-state index contributed by atoms with van der Waals surface area (Å²) >= 11 is 0. The molecule has 1 N–H and O–H groups in total. The molecule has 0 saturated heterocycles. The van der Waals surface area contributed by atoms with Gasteiger partial charge in [-0.15, -0.1) is 0 Å². The molecule has 0 aliphatic heterocycles. The van der Waals surface area contributed by atoms with E-state index >= 15 is 0 Å². The first kappa shape index (κ1) is 14.1. The van der Waals surface area contributed by atoms with Crippen molar-refractivity contribution in [3.05, 3.63) is 65.7 Å². The normalized spacial score (nSPS) is 10.1. The molecule has 2 rings (SSSR count). The highest BCUT2D eigenvalue weighted by molar-refractivity contribution is 5.99. The summed E-state index contributed by atoms with van der Waals surface area (Å²) in [6, 6.07) is 17.7. The first-order valence-electron chi connectivity index (χ1n) is 6.86. The van der Waals surface area contributed by atoms with Gasteiger partial charge in [0.15, 0.2) is 0 Å². The lowest BCUT2D eigenvalue weighted by Gasteiger charge is -2.22. The molecule has 0 bridgehead atoms. The van der Waals surface area contributed by atoms with Gasteiger partial charge in [-0.05, 0) is 24.6 Å². The first-order chi connectivity index (χ1) is 9.76. The van der Waals surface area contributed by atoms with Crippen molar-refractivity contribution in [1.82, 2.24) is 4.90 Å². The van der Waals surface area contributed by atoms with Crippen molar-refractivity contribution < 1.29 is 4.79 Å². The fourth-order valence-electron chi connectivity index (χ4n) is 2.19. The summed E-state index contributed by atoms with van der Waals surface area (Å²) in [7, 11) is 1.83. The Hall–Kier alpha value is -2.29. The van der Waals surface area contributed by atoms with Gasteiger partial charge < -0.3 is 10.2 Å². The zero-order valence-corrected chi connectivity index (χ0v) is 12.0. The third-order valence-corrected chi connectivity index (χ3v) is 3.31. The molecule has 2 aromatic carbocycles. The van der Waals surface area contributed by atoms with E-state index in [0.717, 1.165) is 11.3 Å². The minimum Gasteiger partial charge on any atom is -0.387 e. The standard InChI is InChI=1S/C17H20N2O/c1-3-19(13-14-9-5-4-6-10-14)17(20)15-11-7-8-12-16(15)18-2/h4-12,18H,3,13H2,1-2H3. The maximum atomic E-state index is 12.6. The summed E-state index contributed by atoms with van der Waals surface area (Å²) in [5.41, 5.74) is 2.72. The van der Waals surface area contributed by atoms with Crippen molar-refractivity contribution in [2.75, 3.05) is 18.9 Å². The van der Waals surface area contributed by atoms with Crippen LogP contribution in [0.1, 0.15) is 22.8 Å². The van der Waals surface area contributed by atoms with Gasteiger partial charge in [0.1, 0.15) is 0 Å². The van der Waals surface area contributed by atoms with E-state index in [-0.39, 0.29) is 5.91 Å². The number of carbonyl (C=O) groups excluding carboxylic acids is 1. The minimum atomic E-state index is 0.0568. The largest absolute Gasteiger partial charge is 0.387 e. The van der Waals surface area contributed by atoms with Gasteiger partial charge >= 0.3 is 0 Å². The Morgan fingerprint density at radius 1 is 1.05 bits per heavy atom. The lowest BCUT2D eigenvalue weighted by atomic mass is 10.1. The number of nitrogens with one attached hydrogen (secondary N) is 1. The number of carbonyl (C=O) groups is 1. The van der Waals surface area contributed by atoms with Crippen LogP contribution in [0.25, 0.3) is 0 Å². The second kappa shape index (κ2) is 6.75. The van der Waals surface area contributed by atoms with Gasteiger partial charge in [0.05, 0.1) is 5.56 Å². The lowest BCUT2D eigenvalue weighted by Crippen LogP contribution is -2.30. The Bertz CT molecular complexity index is 566. The fraction of sp³-hybridized carbons (Fsp3) is 0.235. The number of benzene rings is 2. The van der Waals surface area contributed by atoms with E-state index < -0.39 is 0 Å². The second-order valence-electron chi connectivity index (χ2n) is 4.60. The van der Waals surface area contributed by atoms with Crippen LogP contribution in [0.3, 0.4) is 0 Å². The predicted molar refractivity (Wildman–Crippen MR) is 82.8 cm³/mol. The van der Waals surface area contributed by atoms with E-state index in [9.17, 15) is 4.79 Å². The quantitative estimate of drug-likeness (QED) is 0.901. The first-order valence-corrected chi connectivity index (χ1v) is 6.86. The van der Waals surface area contributed by atoms with Crippen LogP contribution in [0.15, 0.2) is 54.6 Å². The summed E-state index contributed by atoms with van der Waals surface area (Å²) in [5.74, 6) is 0.0568. The molecule has 0 heterocycles. The lowest BCUT2D eigenvalue weighted by molar-refractivity contribution is 0.0753. The molecule has 0 aliphatic carbocycles. The van der Waals surface area contributed by atoms with E-state index in [1.807, 2.05) is 73.5 Å². The molecule has 1 amide bonds. The van der Waals surface area contributed by atoms with Gasteiger partial charge in [-0.25, -0.2) is 0 Å². The zero-order chi connectivity index (χ0) is 14.4. The van der Waals surface area contributed by atoms with Crippen LogP contribution in [0, 0.1) is 0 Å². The number of anilines is 1. The molecule has 0 atom stereocenters. The van der Waals surface area contributed by atoms with Crippen LogP contribution in [-0.2, 0) is 6.54 Å². The third-order valence-electron chi connectivity index (χ3n) is 3.31. The zero-order valence-electron chi connectivity index (χ0n) is 12.0. The molecule has 3 heteroatoms. The molecule has 0 saturated carbocycles. The maximum Gasteiger partial charge on any atom is 0.256 e. The van der Waals surface area contributed by atoms with Gasteiger partial charge in [-0.3, -0.25) is 4.79 Å². The van der Waals surface area contributed by atoms with Crippen molar-refractivity contribution >= 4 is 11.6 Å². The molecule has 3 nitrogen and oxygen atoms in total. The molecule has 0 fully saturated rings. The Balaban J connectivity index is 2.21. The monoisotopic (exact) mass is 268 g/mol. The minimum absolute atomic E-state index is 0.0568. The van der Waals surface area contributed by atoms with E-state index in [4.69, 9.17) is 0 Å². The topological polar surface area (TPSA) is 32.3 Å². The van der Waals surface area contributed by atoms with Crippen molar-refractivity contribution in [1.29, 1.82) is 0 Å². The van der Waals surface area contributed by atoms with Crippen LogP contribution in [0.4, 0.5) is 5.69 Å². The summed E-state index contributed by atoms with van der Waals surface area (Å²) in [4.78, 5) is 14.5. The van der Waals surface area contributed by atoms with Crippen LogP contribution < -0.4 is 5.32 Å². The van der Waals surface area contributed by atoms with Crippen molar-refractivity contribution in [2.24, 2.45) is 0 Å². The number of rotatable bonds is 5. The number of para-hydroxylation sites is 1. The molecule has 0 spiro atoms. The maximum absolute atomic E-state index is 12.6. The molecule has 2 aromatic rings. The SMILES string of the molecule is CCN(Cc1ccccc1)C(=O)c1ccccc1NC. The number of hydrogen-bond donors (Lipinski definition) is 1. The van der Waals surface area contributed by atoms with Crippen molar-refractivity contribution in [3.8, 4) is 0 Å². The molecule has 0 radical (unpaired) electrons. The molecule has 20 heavy (non-hydrogen) atoms. The summed E-state index contributed by atoms with van der Waals surface area (Å²) in [6.45, 7) is 3.32. The van der Waals surface area contributed by atoms with Gasteiger partial charge in [-0.1, -0.05) is 42.5 Å².